The van der Waals surface area contributed by atoms with Crippen molar-refractivity contribution in [3.8, 4) is 5.75 Å². The highest BCUT2D eigenvalue weighted by Crippen LogP contribution is 2.40. The lowest BCUT2D eigenvalue weighted by Gasteiger charge is -2.32. The predicted octanol–water partition coefficient (Wildman–Crippen LogP) is 7.47. The highest BCUT2D eigenvalue weighted by Gasteiger charge is 2.23. The zero-order valence-corrected chi connectivity index (χ0v) is 22.4. The van der Waals surface area contributed by atoms with Crippen molar-refractivity contribution in [2.75, 3.05) is 34.9 Å². The van der Waals surface area contributed by atoms with Crippen molar-refractivity contribution < 1.29 is 9.53 Å². The van der Waals surface area contributed by atoms with Gasteiger partial charge in [-0.2, -0.15) is 0 Å². The number of nitrogens with two attached hydrogens (primary N) is 1. The van der Waals surface area contributed by atoms with Crippen LogP contribution in [0.5, 0.6) is 5.75 Å². The second kappa shape index (κ2) is 12.4. The van der Waals surface area contributed by atoms with Crippen LogP contribution in [0.1, 0.15) is 31.2 Å². The Morgan fingerprint density at radius 3 is 2.53 bits per heavy atom. The number of carbonyl (C=O) groups excluding carboxylic acids is 1. The Bertz CT molecular complexity index is 1360. The average Bonchev–Trinajstić information content (AvgIpc) is 2.92. The lowest BCUT2D eigenvalue weighted by Crippen LogP contribution is -2.24. The van der Waals surface area contributed by atoms with E-state index in [1.807, 2.05) is 54.6 Å². The maximum Gasteiger partial charge on any atom is 0.224 e. The molecular weight excluding hydrogens is 496 g/mol. The molecule has 4 rings (SSSR count). The van der Waals surface area contributed by atoms with Crippen LogP contribution in [0.2, 0.25) is 5.02 Å². The Hall–Kier alpha value is -4.16. The fourth-order valence-electron chi connectivity index (χ4n) is 4.37. The highest BCUT2D eigenvalue weighted by atomic mass is 35.5. The number of fused-ring (bicyclic) bond motifs is 1. The van der Waals surface area contributed by atoms with Gasteiger partial charge in [0, 0.05) is 52.4 Å². The van der Waals surface area contributed by atoms with Crippen molar-refractivity contribution in [1.29, 1.82) is 0 Å². The third-order valence-electron chi connectivity index (χ3n) is 6.45. The van der Waals surface area contributed by atoms with E-state index in [1.54, 1.807) is 13.2 Å². The second-order valence-corrected chi connectivity index (χ2v) is 9.59. The second-order valence-electron chi connectivity index (χ2n) is 9.15. The van der Waals surface area contributed by atoms with Gasteiger partial charge in [-0.05, 0) is 73.0 Å². The quantitative estimate of drug-likeness (QED) is 0.178. The van der Waals surface area contributed by atoms with Crippen LogP contribution in [-0.2, 0) is 4.79 Å². The van der Waals surface area contributed by atoms with Gasteiger partial charge in [0.1, 0.15) is 5.75 Å². The van der Waals surface area contributed by atoms with Gasteiger partial charge in [0.2, 0.25) is 5.91 Å². The standard InChI is InChI=1S/C31H33ClN4O2/c1-21-26-19-25(38-3)16-17-30(26)36(20-27(21)22(2)34-24-14-12-23(32)13-15-24)18-8-4-5-11-31(37)35-29-10-7-6-9-28(29)33/h6-7,9-10,12-17,19-20,34H,1-2,4-5,8,11,18,33H2,3H3,(H,35,37). The van der Waals surface area contributed by atoms with Crippen molar-refractivity contribution in [1.82, 2.24) is 0 Å². The van der Waals surface area contributed by atoms with Crippen molar-refractivity contribution in [3.05, 3.63) is 108 Å². The molecule has 1 amide bonds. The number of halogens is 1. The van der Waals surface area contributed by atoms with Crippen LogP contribution >= 0.6 is 11.6 Å². The zero-order chi connectivity index (χ0) is 27.1. The third kappa shape index (κ3) is 6.58. The number of allylic oxidation sites excluding steroid dienone is 1. The molecule has 0 spiro atoms. The first-order valence-electron chi connectivity index (χ1n) is 12.6. The maximum atomic E-state index is 12.3. The number of para-hydroxylation sites is 2. The molecule has 0 bridgehead atoms. The Kier molecular flexibility index (Phi) is 8.77. The monoisotopic (exact) mass is 528 g/mol. The summed E-state index contributed by atoms with van der Waals surface area (Å²) in [5, 5.41) is 6.94. The fourth-order valence-corrected chi connectivity index (χ4v) is 4.50. The molecule has 4 N–H and O–H groups in total. The van der Waals surface area contributed by atoms with Crippen LogP contribution in [0.25, 0.3) is 5.57 Å². The number of amides is 1. The molecule has 0 saturated carbocycles. The third-order valence-corrected chi connectivity index (χ3v) is 6.70. The molecule has 3 aromatic rings. The minimum atomic E-state index is -0.0265. The Balaban J connectivity index is 1.40. The maximum absolute atomic E-state index is 12.3. The number of hydrogen-bond donors (Lipinski definition) is 3. The highest BCUT2D eigenvalue weighted by molar-refractivity contribution is 6.30. The minimum absolute atomic E-state index is 0.0265. The number of anilines is 4. The smallest absolute Gasteiger partial charge is 0.224 e. The average molecular weight is 529 g/mol. The molecule has 1 heterocycles. The van der Waals surface area contributed by atoms with Gasteiger partial charge in [-0.25, -0.2) is 0 Å². The number of rotatable bonds is 11. The number of methoxy groups -OCH3 is 1. The van der Waals surface area contributed by atoms with Crippen LogP contribution in [-0.4, -0.2) is 19.6 Å². The number of ether oxygens (including phenoxy) is 1. The summed E-state index contributed by atoms with van der Waals surface area (Å²) in [6.07, 6.45) is 5.15. The van der Waals surface area contributed by atoms with Gasteiger partial charge < -0.3 is 26.0 Å². The lowest BCUT2D eigenvalue weighted by atomic mass is 9.92. The molecule has 0 aromatic heterocycles. The van der Waals surface area contributed by atoms with Crippen molar-refractivity contribution in [2.45, 2.75) is 25.7 Å². The molecule has 0 fully saturated rings. The number of carbonyl (C=O) groups is 1. The van der Waals surface area contributed by atoms with Gasteiger partial charge in [-0.15, -0.1) is 0 Å². The van der Waals surface area contributed by atoms with Gasteiger partial charge >= 0.3 is 0 Å². The molecule has 0 unspecified atom stereocenters. The van der Waals surface area contributed by atoms with Crippen LogP contribution in [0.4, 0.5) is 22.7 Å². The van der Waals surface area contributed by atoms with E-state index in [0.717, 1.165) is 65.3 Å². The number of nitrogens with one attached hydrogen (secondary N) is 2. The summed E-state index contributed by atoms with van der Waals surface area (Å²) in [5.41, 5.74) is 12.6. The van der Waals surface area contributed by atoms with Crippen LogP contribution < -0.4 is 26.0 Å². The minimum Gasteiger partial charge on any atom is -0.497 e. The molecule has 0 radical (unpaired) electrons. The van der Waals surface area contributed by atoms with E-state index in [0.29, 0.717) is 22.8 Å². The molecule has 7 heteroatoms. The Labute approximate surface area is 229 Å². The summed E-state index contributed by atoms with van der Waals surface area (Å²) in [4.78, 5) is 14.6. The van der Waals surface area contributed by atoms with E-state index in [9.17, 15) is 4.79 Å². The topological polar surface area (TPSA) is 79.6 Å². The normalized spacial score (nSPS) is 12.4. The molecule has 0 saturated heterocycles. The molecule has 0 atom stereocenters. The summed E-state index contributed by atoms with van der Waals surface area (Å²) < 4.78 is 5.48. The van der Waals surface area contributed by atoms with E-state index in [1.165, 1.54) is 0 Å². The summed E-state index contributed by atoms with van der Waals surface area (Å²) in [7, 11) is 1.66. The first-order valence-corrected chi connectivity index (χ1v) is 13.0. The first kappa shape index (κ1) is 26.9. The van der Waals surface area contributed by atoms with Gasteiger partial charge in [0.25, 0.3) is 0 Å². The number of nitrogen functional groups attached to an aromatic ring is 1. The van der Waals surface area contributed by atoms with Gasteiger partial charge in [-0.1, -0.05) is 43.3 Å². The molecular formula is C31H33ClN4O2. The summed E-state index contributed by atoms with van der Waals surface area (Å²) >= 11 is 6.03. The van der Waals surface area contributed by atoms with Crippen molar-refractivity contribution in [2.24, 2.45) is 0 Å². The van der Waals surface area contributed by atoms with Crippen LogP contribution in [0.3, 0.4) is 0 Å². The van der Waals surface area contributed by atoms with Crippen LogP contribution in [0.15, 0.2) is 97.4 Å². The van der Waals surface area contributed by atoms with Crippen molar-refractivity contribution in [3.63, 3.8) is 0 Å². The fraction of sp³-hybridized carbons (Fsp3) is 0.194. The Morgan fingerprint density at radius 2 is 1.79 bits per heavy atom. The molecule has 3 aromatic carbocycles. The largest absolute Gasteiger partial charge is 0.497 e. The molecule has 6 nitrogen and oxygen atoms in total. The van der Waals surface area contributed by atoms with Gasteiger partial charge in [0.05, 0.1) is 18.5 Å². The number of nitrogens with zero attached hydrogens (tertiary/aromatic N) is 1. The van der Waals surface area contributed by atoms with Gasteiger partial charge in [0.15, 0.2) is 0 Å². The van der Waals surface area contributed by atoms with E-state index < -0.39 is 0 Å². The van der Waals surface area contributed by atoms with E-state index >= 15 is 0 Å². The number of hydrogen-bond acceptors (Lipinski definition) is 5. The zero-order valence-electron chi connectivity index (χ0n) is 21.6. The molecule has 38 heavy (non-hydrogen) atoms. The number of benzene rings is 3. The summed E-state index contributed by atoms with van der Waals surface area (Å²) in [6, 6.07) is 20.8. The van der Waals surface area contributed by atoms with Crippen molar-refractivity contribution >= 4 is 45.8 Å². The summed E-state index contributed by atoms with van der Waals surface area (Å²) in [6.45, 7) is 9.44. The number of unbranched alkanes of at least 4 members (excludes halogenated alkanes) is 2. The van der Waals surface area contributed by atoms with Crippen LogP contribution in [0, 0.1) is 0 Å². The Morgan fingerprint density at radius 1 is 1.03 bits per heavy atom. The SMILES string of the molecule is C=C(Nc1ccc(Cl)cc1)C1=CN(CCCCCC(=O)Nc2ccccc2N)c2ccc(OC)cc2C1=C. The predicted molar refractivity (Wildman–Crippen MR) is 160 cm³/mol. The summed E-state index contributed by atoms with van der Waals surface area (Å²) in [5.74, 6) is 0.744. The van der Waals surface area contributed by atoms with Gasteiger partial charge in [-0.3, -0.25) is 4.79 Å². The molecule has 0 aliphatic carbocycles. The van der Waals surface area contributed by atoms with E-state index in [-0.39, 0.29) is 5.91 Å². The molecule has 1 aliphatic heterocycles. The molecule has 1 aliphatic rings. The lowest BCUT2D eigenvalue weighted by molar-refractivity contribution is -0.116. The molecule has 196 valence electrons. The first-order chi connectivity index (χ1) is 18.4. The van der Waals surface area contributed by atoms with E-state index in [2.05, 4.69) is 41.0 Å². The van der Waals surface area contributed by atoms with E-state index in [4.69, 9.17) is 22.1 Å².